The van der Waals surface area contributed by atoms with Gasteiger partial charge in [0, 0.05) is 30.3 Å². The smallest absolute Gasteiger partial charge is 0.307 e. The second-order valence-corrected chi connectivity index (χ2v) is 5.54. The summed E-state index contributed by atoms with van der Waals surface area (Å²) in [5.74, 6) is -9.10. The van der Waals surface area contributed by atoms with Crippen molar-refractivity contribution in [3.63, 3.8) is 0 Å². The number of benzene rings is 2. The Labute approximate surface area is 161 Å². The van der Waals surface area contributed by atoms with Crippen LogP contribution in [-0.4, -0.2) is 36.2 Å². The molecular weight excluding hydrogens is 408 g/mol. The van der Waals surface area contributed by atoms with Gasteiger partial charge in [-0.1, -0.05) is 0 Å². The van der Waals surface area contributed by atoms with Gasteiger partial charge >= 0.3 is 5.97 Å². The van der Waals surface area contributed by atoms with E-state index in [1.165, 1.54) is 14.2 Å². The SMILES string of the molecule is CON(C)C(=O)Cc1cc(F)cc(F)c1F.O=C(O)Cc1cc(F)cc(F)c1F. The molecule has 0 fully saturated rings. The molecule has 2 aromatic rings. The molecule has 0 heterocycles. The molecule has 2 aromatic carbocycles. The summed E-state index contributed by atoms with van der Waals surface area (Å²) < 4.78 is 76.4. The lowest BCUT2D eigenvalue weighted by molar-refractivity contribution is -0.167. The first-order valence-corrected chi connectivity index (χ1v) is 7.75. The van der Waals surface area contributed by atoms with Gasteiger partial charge in [0.05, 0.1) is 20.0 Å². The number of amides is 1. The molecule has 1 amide bonds. The van der Waals surface area contributed by atoms with Gasteiger partial charge < -0.3 is 5.11 Å². The highest BCUT2D eigenvalue weighted by Crippen LogP contribution is 2.16. The Balaban J connectivity index is 0.000000296. The molecule has 0 bridgehead atoms. The van der Waals surface area contributed by atoms with Gasteiger partial charge in [-0.2, -0.15) is 0 Å². The van der Waals surface area contributed by atoms with E-state index in [1.54, 1.807) is 0 Å². The predicted molar refractivity (Wildman–Crippen MR) is 87.5 cm³/mol. The number of carbonyl (C=O) groups excluding carboxylic acids is 1. The van der Waals surface area contributed by atoms with Gasteiger partial charge in [0.1, 0.15) is 11.6 Å². The minimum absolute atomic E-state index is 0.341. The van der Waals surface area contributed by atoms with Gasteiger partial charge in [-0.25, -0.2) is 31.4 Å². The summed E-state index contributed by atoms with van der Waals surface area (Å²) in [4.78, 5) is 26.0. The second-order valence-electron chi connectivity index (χ2n) is 5.54. The molecule has 29 heavy (non-hydrogen) atoms. The van der Waals surface area contributed by atoms with Crippen LogP contribution in [-0.2, 0) is 27.3 Å². The third-order valence-corrected chi connectivity index (χ3v) is 3.45. The molecule has 0 unspecified atom stereocenters. The number of nitrogens with zero attached hydrogens (tertiary/aromatic N) is 1. The van der Waals surface area contributed by atoms with Crippen molar-refractivity contribution >= 4 is 11.9 Å². The zero-order valence-electron chi connectivity index (χ0n) is 15.1. The Morgan fingerprint density at radius 3 is 1.66 bits per heavy atom. The predicted octanol–water partition coefficient (Wildman–Crippen LogP) is 3.40. The first-order chi connectivity index (χ1) is 13.5. The van der Waals surface area contributed by atoms with Crippen molar-refractivity contribution < 1.29 is 45.9 Å². The Morgan fingerprint density at radius 1 is 0.862 bits per heavy atom. The molecule has 1 N–H and O–H groups in total. The minimum Gasteiger partial charge on any atom is -0.481 e. The van der Waals surface area contributed by atoms with Crippen LogP contribution >= 0.6 is 0 Å². The Hall–Kier alpha value is -3.08. The lowest BCUT2D eigenvalue weighted by Gasteiger charge is -2.13. The van der Waals surface area contributed by atoms with Crippen LogP contribution in [0.3, 0.4) is 0 Å². The van der Waals surface area contributed by atoms with Crippen LogP contribution in [0.1, 0.15) is 11.1 Å². The normalized spacial score (nSPS) is 10.2. The van der Waals surface area contributed by atoms with E-state index < -0.39 is 65.2 Å². The van der Waals surface area contributed by atoms with E-state index in [2.05, 4.69) is 4.84 Å². The molecule has 0 radical (unpaired) electrons. The van der Waals surface area contributed by atoms with Crippen LogP contribution in [0.4, 0.5) is 26.3 Å². The summed E-state index contributed by atoms with van der Waals surface area (Å²) in [6.07, 6.45) is -1.20. The van der Waals surface area contributed by atoms with E-state index in [1.807, 2.05) is 0 Å². The maximum absolute atomic E-state index is 13.2. The van der Waals surface area contributed by atoms with Crippen LogP contribution in [0.2, 0.25) is 0 Å². The number of likely N-dealkylation sites (N-methyl/N-ethyl adjacent to an activating group) is 1. The lowest BCUT2D eigenvalue weighted by Crippen LogP contribution is -2.27. The molecule has 0 aliphatic carbocycles. The highest BCUT2D eigenvalue weighted by Gasteiger charge is 2.16. The van der Waals surface area contributed by atoms with E-state index in [0.717, 1.165) is 11.1 Å². The number of carbonyl (C=O) groups is 2. The molecule has 158 valence electrons. The monoisotopic (exact) mass is 423 g/mol. The van der Waals surface area contributed by atoms with E-state index in [-0.39, 0.29) is 5.56 Å². The third-order valence-electron chi connectivity index (χ3n) is 3.45. The quantitative estimate of drug-likeness (QED) is 0.455. The fraction of sp³-hybridized carbons (Fsp3) is 0.222. The van der Waals surface area contributed by atoms with Crippen molar-refractivity contribution in [2.45, 2.75) is 12.8 Å². The molecule has 0 atom stereocenters. The molecule has 2 rings (SSSR count). The zero-order chi connectivity index (χ0) is 22.3. The molecule has 0 spiro atoms. The van der Waals surface area contributed by atoms with E-state index in [4.69, 9.17) is 5.11 Å². The zero-order valence-corrected chi connectivity index (χ0v) is 15.1. The fourth-order valence-corrected chi connectivity index (χ4v) is 2.01. The standard InChI is InChI=1S/C10H10F3NO2.C8H5F3O2/c1-14(16-2)9(15)4-6-3-7(11)5-8(12)10(6)13;9-5-1-4(2-7(12)13)8(11)6(10)3-5/h3,5H,4H2,1-2H3;1,3H,2H2,(H,12,13). The van der Waals surface area contributed by atoms with Gasteiger partial charge in [-0.3, -0.25) is 14.4 Å². The average molecular weight is 423 g/mol. The lowest BCUT2D eigenvalue weighted by atomic mass is 10.1. The maximum Gasteiger partial charge on any atom is 0.307 e. The van der Waals surface area contributed by atoms with Gasteiger partial charge in [0.15, 0.2) is 23.3 Å². The average Bonchev–Trinajstić information content (AvgIpc) is 2.62. The highest BCUT2D eigenvalue weighted by molar-refractivity contribution is 5.77. The van der Waals surface area contributed by atoms with Crippen LogP contribution < -0.4 is 0 Å². The molecule has 5 nitrogen and oxygen atoms in total. The summed E-state index contributed by atoms with van der Waals surface area (Å²) in [7, 11) is 2.57. The number of aliphatic carboxylic acids is 1. The van der Waals surface area contributed by atoms with Crippen molar-refractivity contribution in [1.29, 1.82) is 0 Å². The highest BCUT2D eigenvalue weighted by atomic mass is 19.2. The number of carboxylic acids is 1. The van der Waals surface area contributed by atoms with E-state index in [0.29, 0.717) is 18.2 Å². The summed E-state index contributed by atoms with van der Waals surface area (Å²) in [5, 5.41) is 9.11. The molecule has 0 aliphatic rings. The summed E-state index contributed by atoms with van der Waals surface area (Å²) >= 11 is 0. The molecule has 0 saturated carbocycles. The number of halogens is 6. The maximum atomic E-state index is 13.2. The molecule has 0 aromatic heterocycles. The number of hydrogen-bond acceptors (Lipinski definition) is 3. The van der Waals surface area contributed by atoms with Gasteiger partial charge in [-0.15, -0.1) is 0 Å². The topological polar surface area (TPSA) is 66.8 Å². The van der Waals surface area contributed by atoms with Crippen molar-refractivity contribution in [3.05, 3.63) is 70.3 Å². The van der Waals surface area contributed by atoms with Crippen LogP contribution in [0.5, 0.6) is 0 Å². The minimum atomic E-state index is -1.38. The Bertz CT molecular complexity index is 906. The molecule has 0 saturated heterocycles. The van der Waals surface area contributed by atoms with Crippen LogP contribution in [0.15, 0.2) is 24.3 Å². The summed E-state index contributed by atoms with van der Waals surface area (Å²) in [6, 6.07) is 2.22. The van der Waals surface area contributed by atoms with Gasteiger partial charge in [0.25, 0.3) is 0 Å². The molecular formula is C18H15F6NO4. The molecule has 11 heteroatoms. The van der Waals surface area contributed by atoms with Gasteiger partial charge in [0.2, 0.25) is 5.91 Å². The first kappa shape index (κ1) is 24.0. The summed E-state index contributed by atoms with van der Waals surface area (Å²) in [5.41, 5.74) is -0.837. The fourth-order valence-electron chi connectivity index (χ4n) is 2.01. The number of carboxylic acid groups (broad SMARTS) is 1. The number of hydroxylamine groups is 2. The first-order valence-electron chi connectivity index (χ1n) is 7.75. The van der Waals surface area contributed by atoms with Gasteiger partial charge in [-0.05, 0) is 12.1 Å². The third kappa shape index (κ3) is 7.11. The van der Waals surface area contributed by atoms with E-state index >= 15 is 0 Å². The van der Waals surface area contributed by atoms with E-state index in [9.17, 15) is 35.9 Å². The molecule has 0 aliphatic heterocycles. The second kappa shape index (κ2) is 10.5. The number of rotatable bonds is 5. The van der Waals surface area contributed by atoms with Crippen LogP contribution in [0.25, 0.3) is 0 Å². The Morgan fingerprint density at radius 2 is 1.28 bits per heavy atom. The van der Waals surface area contributed by atoms with Crippen molar-refractivity contribution in [2.75, 3.05) is 14.2 Å². The van der Waals surface area contributed by atoms with Crippen molar-refractivity contribution in [3.8, 4) is 0 Å². The number of hydrogen-bond donors (Lipinski definition) is 1. The van der Waals surface area contributed by atoms with Crippen molar-refractivity contribution in [1.82, 2.24) is 5.06 Å². The largest absolute Gasteiger partial charge is 0.481 e. The van der Waals surface area contributed by atoms with Crippen molar-refractivity contribution in [2.24, 2.45) is 0 Å². The van der Waals surface area contributed by atoms with Crippen LogP contribution in [0, 0.1) is 34.9 Å². The Kier molecular flexibility index (Phi) is 8.64. The summed E-state index contributed by atoms with van der Waals surface area (Å²) in [6.45, 7) is 0.